The van der Waals surface area contributed by atoms with Gasteiger partial charge in [-0.3, -0.25) is 14.1 Å². The van der Waals surface area contributed by atoms with Crippen molar-refractivity contribution >= 4 is 45.1 Å². The molecule has 0 amide bonds. The standard InChI is InChI=1S/C20H38O7S.Mg.2H/c1-3-5-7-9-11-13-15-20(19(23)24,16-14-12-10-8-6-4-2)17(18(21)22)28(25,26)27;;;/h17H,3-16H2,1-2H3,(H,21,22)(H,23,24)(H,25,26,27);;;. The number of hydrogen-bond acceptors (Lipinski definition) is 4. The van der Waals surface area contributed by atoms with Crippen LogP contribution in [0.2, 0.25) is 0 Å². The number of unbranched alkanes of at least 4 members (excludes halogenated alkanes) is 10. The summed E-state index contributed by atoms with van der Waals surface area (Å²) in [6, 6.07) is 0. The highest BCUT2D eigenvalue weighted by Crippen LogP contribution is 2.39. The van der Waals surface area contributed by atoms with Gasteiger partial charge in [0.2, 0.25) is 0 Å². The lowest BCUT2D eigenvalue weighted by Gasteiger charge is -2.33. The lowest BCUT2D eigenvalue weighted by atomic mass is 9.74. The molecule has 170 valence electrons. The van der Waals surface area contributed by atoms with E-state index in [1.807, 2.05) is 0 Å². The van der Waals surface area contributed by atoms with Crippen LogP contribution in [0.15, 0.2) is 0 Å². The third-order valence-electron chi connectivity index (χ3n) is 5.40. The first kappa shape index (κ1) is 30.8. The van der Waals surface area contributed by atoms with Crippen LogP contribution < -0.4 is 0 Å². The van der Waals surface area contributed by atoms with Crippen LogP contribution in [0.1, 0.15) is 104 Å². The van der Waals surface area contributed by atoms with E-state index in [1.165, 1.54) is 0 Å². The van der Waals surface area contributed by atoms with Crippen molar-refractivity contribution in [3.63, 3.8) is 0 Å². The molecule has 0 rings (SSSR count). The van der Waals surface area contributed by atoms with Gasteiger partial charge in [0.05, 0.1) is 5.41 Å². The Kier molecular flexibility index (Phi) is 17.3. The summed E-state index contributed by atoms with van der Waals surface area (Å²) in [5, 5.41) is 16.9. The van der Waals surface area contributed by atoms with Crippen molar-refractivity contribution < 1.29 is 32.8 Å². The first-order valence-corrected chi connectivity index (χ1v) is 12.1. The molecule has 29 heavy (non-hydrogen) atoms. The summed E-state index contributed by atoms with van der Waals surface area (Å²) in [4.78, 5) is 23.8. The fourth-order valence-electron chi connectivity index (χ4n) is 3.80. The molecule has 0 aliphatic rings. The Labute approximate surface area is 191 Å². The Bertz CT molecular complexity index is 547. The maximum absolute atomic E-state index is 12.1. The second-order valence-electron chi connectivity index (χ2n) is 7.73. The zero-order chi connectivity index (χ0) is 21.6. The van der Waals surface area contributed by atoms with Crippen molar-refractivity contribution in [1.29, 1.82) is 0 Å². The Morgan fingerprint density at radius 3 is 1.38 bits per heavy atom. The summed E-state index contributed by atoms with van der Waals surface area (Å²) < 4.78 is 33.1. The fourth-order valence-corrected chi connectivity index (χ4v) is 4.97. The Morgan fingerprint density at radius 2 is 1.10 bits per heavy atom. The Balaban J connectivity index is 0. The van der Waals surface area contributed by atoms with E-state index in [0.717, 1.165) is 51.4 Å². The van der Waals surface area contributed by atoms with Gasteiger partial charge in [-0.25, -0.2) is 0 Å². The van der Waals surface area contributed by atoms with Crippen molar-refractivity contribution in [2.75, 3.05) is 0 Å². The summed E-state index contributed by atoms with van der Waals surface area (Å²) >= 11 is 0. The minimum absolute atomic E-state index is 0. The van der Waals surface area contributed by atoms with E-state index >= 15 is 0 Å². The van der Waals surface area contributed by atoms with Crippen LogP contribution in [0.25, 0.3) is 0 Å². The van der Waals surface area contributed by atoms with Gasteiger partial charge in [-0.2, -0.15) is 8.42 Å². The van der Waals surface area contributed by atoms with E-state index in [9.17, 15) is 32.8 Å². The highest BCUT2D eigenvalue weighted by Gasteiger charge is 2.55. The van der Waals surface area contributed by atoms with Crippen LogP contribution in [0.4, 0.5) is 0 Å². The zero-order valence-electron chi connectivity index (χ0n) is 17.4. The maximum atomic E-state index is 12.1. The second kappa shape index (κ2) is 16.3. The average Bonchev–Trinajstić information content (AvgIpc) is 2.58. The van der Waals surface area contributed by atoms with E-state index in [1.54, 1.807) is 0 Å². The molecule has 0 radical (unpaired) electrons. The molecule has 0 bridgehead atoms. The topological polar surface area (TPSA) is 129 Å². The molecule has 0 saturated heterocycles. The van der Waals surface area contributed by atoms with Gasteiger partial charge in [-0.15, -0.1) is 0 Å². The van der Waals surface area contributed by atoms with Gasteiger partial charge in [-0.1, -0.05) is 90.9 Å². The lowest BCUT2D eigenvalue weighted by molar-refractivity contribution is -0.156. The first-order valence-electron chi connectivity index (χ1n) is 10.6. The molecule has 1 unspecified atom stereocenters. The second-order valence-corrected chi connectivity index (χ2v) is 9.23. The third-order valence-corrected chi connectivity index (χ3v) is 6.65. The van der Waals surface area contributed by atoms with Crippen LogP contribution in [-0.4, -0.2) is 63.4 Å². The molecule has 0 fully saturated rings. The number of aliphatic carboxylic acids is 2. The van der Waals surface area contributed by atoms with Crippen LogP contribution >= 0.6 is 0 Å². The van der Waals surface area contributed by atoms with E-state index in [4.69, 9.17) is 0 Å². The maximum Gasteiger partial charge on any atom is 0.325 e. The van der Waals surface area contributed by atoms with Gasteiger partial charge in [0.1, 0.15) is 0 Å². The number of carboxylic acids is 2. The van der Waals surface area contributed by atoms with Crippen molar-refractivity contribution in [3.05, 3.63) is 0 Å². The molecule has 0 saturated carbocycles. The van der Waals surface area contributed by atoms with Gasteiger partial charge >= 0.3 is 35.0 Å². The molecule has 0 heterocycles. The molecule has 0 aliphatic carbocycles. The van der Waals surface area contributed by atoms with Gasteiger partial charge in [0.15, 0.2) is 5.25 Å². The number of carbonyl (C=O) groups is 2. The quantitative estimate of drug-likeness (QED) is 0.164. The molecule has 0 spiro atoms. The summed E-state index contributed by atoms with van der Waals surface area (Å²) in [6.45, 7) is 4.17. The van der Waals surface area contributed by atoms with Crippen molar-refractivity contribution in [1.82, 2.24) is 0 Å². The summed E-state index contributed by atoms with van der Waals surface area (Å²) in [5.74, 6) is -3.26. The van der Waals surface area contributed by atoms with E-state index < -0.39 is 32.7 Å². The van der Waals surface area contributed by atoms with Gasteiger partial charge in [0, 0.05) is 0 Å². The molecular formula is C20H40MgO7S. The van der Waals surface area contributed by atoms with Crippen LogP contribution in [-0.2, 0) is 19.7 Å². The highest BCUT2D eigenvalue weighted by molar-refractivity contribution is 7.87. The van der Waals surface area contributed by atoms with Crippen molar-refractivity contribution in [3.8, 4) is 0 Å². The van der Waals surface area contributed by atoms with Gasteiger partial charge in [-0.05, 0) is 12.8 Å². The molecule has 1 atom stereocenters. The number of rotatable bonds is 18. The normalized spacial score (nSPS) is 12.9. The highest BCUT2D eigenvalue weighted by atomic mass is 32.2. The molecule has 0 aromatic heterocycles. The molecule has 0 aromatic rings. The minimum Gasteiger partial charge on any atom is -0.481 e. The third kappa shape index (κ3) is 11.5. The van der Waals surface area contributed by atoms with Crippen molar-refractivity contribution in [2.24, 2.45) is 5.41 Å². The summed E-state index contributed by atoms with van der Waals surface area (Å²) in [6.07, 6.45) is 10.2. The van der Waals surface area contributed by atoms with Crippen LogP contribution in [0.3, 0.4) is 0 Å². The lowest BCUT2D eigenvalue weighted by Crippen LogP contribution is -2.51. The fraction of sp³-hybridized carbons (Fsp3) is 0.900. The molecule has 7 nitrogen and oxygen atoms in total. The van der Waals surface area contributed by atoms with Gasteiger partial charge in [0.25, 0.3) is 10.1 Å². The Morgan fingerprint density at radius 1 is 0.759 bits per heavy atom. The monoisotopic (exact) mass is 448 g/mol. The predicted molar refractivity (Wildman–Crippen MR) is 118 cm³/mol. The van der Waals surface area contributed by atoms with E-state index in [2.05, 4.69) is 13.8 Å². The Hall–Kier alpha value is -0.384. The largest absolute Gasteiger partial charge is 0.481 e. The predicted octanol–water partition coefficient (Wildman–Crippen LogP) is 3.98. The SMILES string of the molecule is CCCCCCCCC(CCCCCCCC)(C(=O)O)C(C(=O)O)S(=O)(=O)O.[MgH2]. The first-order chi connectivity index (χ1) is 13.1. The molecule has 3 N–H and O–H groups in total. The van der Waals surface area contributed by atoms with Crippen molar-refractivity contribution in [2.45, 2.75) is 109 Å². The molecule has 9 heteroatoms. The smallest absolute Gasteiger partial charge is 0.325 e. The van der Waals surface area contributed by atoms with Crippen LogP contribution in [0, 0.1) is 5.41 Å². The number of carboxylic acid groups (broad SMARTS) is 2. The summed E-state index contributed by atoms with van der Waals surface area (Å²) in [7, 11) is -5.05. The molecule has 0 aromatic carbocycles. The summed E-state index contributed by atoms with van der Waals surface area (Å²) in [5.41, 5.74) is -2.01. The molecule has 0 aliphatic heterocycles. The minimum atomic E-state index is -5.05. The molecular weight excluding hydrogens is 409 g/mol. The number of hydrogen-bond donors (Lipinski definition) is 3. The van der Waals surface area contributed by atoms with E-state index in [-0.39, 0.29) is 35.9 Å². The average molecular weight is 449 g/mol. The zero-order valence-corrected chi connectivity index (χ0v) is 18.2. The van der Waals surface area contributed by atoms with Crippen LogP contribution in [0.5, 0.6) is 0 Å². The van der Waals surface area contributed by atoms with Gasteiger partial charge < -0.3 is 10.2 Å². The van der Waals surface area contributed by atoms with E-state index in [0.29, 0.717) is 25.7 Å².